The van der Waals surface area contributed by atoms with Gasteiger partial charge in [-0.15, -0.1) is 11.3 Å². The molecule has 0 N–H and O–H groups in total. The molecule has 17 rings (SSSR count). The van der Waals surface area contributed by atoms with E-state index in [1.807, 2.05) is 0 Å². The maximum atomic E-state index is 11.6. The van der Waals surface area contributed by atoms with E-state index in [0.717, 1.165) is 18.9 Å². The molecule has 0 atom stereocenters. The molecule has 410 valence electrons. The molecule has 5 nitrogen and oxygen atoms in total. The van der Waals surface area contributed by atoms with Gasteiger partial charge in [0.05, 0.1) is 101 Å². The van der Waals surface area contributed by atoms with Gasteiger partial charge in [0.25, 0.3) is 6.71 Å². The number of benzene rings is 11. The summed E-state index contributed by atoms with van der Waals surface area (Å²) < 4.78 is 372. The Bertz CT molecular complexity index is 7230. The number of anilines is 9. The maximum Gasteiger partial charge on any atom is 0.252 e. The van der Waals surface area contributed by atoms with Crippen LogP contribution in [0, 0.1) is 0 Å². The van der Waals surface area contributed by atoms with Crippen molar-refractivity contribution in [2.45, 2.75) is 78.6 Å². The van der Waals surface area contributed by atoms with Crippen LogP contribution < -0.4 is 31.1 Å². The van der Waals surface area contributed by atoms with E-state index >= 15 is 0 Å². The largest absolute Gasteiger partial charge is 0.311 e. The summed E-state index contributed by atoms with van der Waals surface area (Å²) in [5, 5.41) is -2.58. The molecule has 11 aromatic carbocycles. The first kappa shape index (κ1) is 25.5. The Kier molecular flexibility index (Phi) is 5.29. The van der Waals surface area contributed by atoms with E-state index in [2.05, 4.69) is 0 Å². The number of hydrogen-bond donors (Lipinski definition) is 0. The molecule has 3 aliphatic rings. The SMILES string of the molecule is [2H]c1c([2H])c([2H])c(N(c2c([2H])c([2H])c([2H])c([2H])c2[2H])c2c([2H])c3c4c(c2[2H])N2c5c(c([2H])c([2H])c([2H])c5-n5c6c([2H])c([2H])c(C(C)(C)C)c([2H])c6c6c([2H])c([2H])c([2H])c2c65)B4c2c([2H])c([2H])c(-n4c5c([2H])c([2H])c(C(C)(C)C)c([2H])c5c5c([2H])c(C(C)(C)C)c([2H])c([2H])c54)c([2H])c2N3c2c([2H])c([2H])c([2H])c3sc4c([2H])c([2H])c([2H])c([2H])c4c23)c([2H])c1[2H]. The average Bonchev–Trinajstić information content (AvgIpc) is 1.25. The minimum atomic E-state index is -2.35. The molecule has 14 aromatic rings. The van der Waals surface area contributed by atoms with E-state index in [1.54, 1.807) is 62.3 Å². The van der Waals surface area contributed by atoms with Crippen LogP contribution in [0.2, 0.25) is 0 Å². The third-order valence-corrected chi connectivity index (χ3v) is 16.7. The monoisotopic (exact) mass is 1150 g/mol. The fourth-order valence-electron chi connectivity index (χ4n) is 11.8. The zero-order valence-electron chi connectivity index (χ0n) is 83.7. The molecule has 0 aliphatic carbocycles. The van der Waals surface area contributed by atoms with Crippen LogP contribution in [0.5, 0.6) is 0 Å². The molecule has 3 aromatic heterocycles. The number of rotatable bonds is 5. The fraction of sp³-hybridized carbons (Fsp3) is 0.154. The van der Waals surface area contributed by atoms with Gasteiger partial charge < -0.3 is 23.8 Å². The zero-order chi connectivity index (χ0) is 89.8. The highest BCUT2D eigenvalue weighted by Crippen LogP contribution is 2.55. The fourth-order valence-corrected chi connectivity index (χ4v) is 12.8. The zero-order valence-corrected chi connectivity index (χ0v) is 47.5. The predicted octanol–water partition coefficient (Wildman–Crippen LogP) is 20.0. The lowest BCUT2D eigenvalue weighted by molar-refractivity contribution is 0.590. The van der Waals surface area contributed by atoms with Crippen LogP contribution in [-0.2, 0) is 16.2 Å². The molecule has 0 bridgehead atoms. The van der Waals surface area contributed by atoms with Gasteiger partial charge in [0.15, 0.2) is 0 Å². The Morgan fingerprint density at radius 2 is 0.894 bits per heavy atom. The Morgan fingerprint density at radius 3 is 1.53 bits per heavy atom. The first-order valence-corrected chi connectivity index (χ1v) is 27.9. The third kappa shape index (κ3) is 7.23. The number of fused-ring (bicyclic) bond motifs is 15. The van der Waals surface area contributed by atoms with Crippen molar-refractivity contribution < 1.29 is 50.7 Å². The van der Waals surface area contributed by atoms with E-state index < -0.39 is 368 Å². The molecular formula is C78H64BN5S. The van der Waals surface area contributed by atoms with Gasteiger partial charge >= 0.3 is 0 Å². The Morgan fingerprint density at radius 1 is 0.376 bits per heavy atom. The summed E-state index contributed by atoms with van der Waals surface area (Å²) >= 11 is 0.500. The Labute approximate surface area is 553 Å². The van der Waals surface area contributed by atoms with Crippen molar-refractivity contribution in [3.63, 3.8) is 0 Å². The van der Waals surface area contributed by atoms with Crippen molar-refractivity contribution in [1.82, 2.24) is 9.13 Å². The molecule has 7 heteroatoms. The molecule has 3 aliphatic heterocycles. The van der Waals surface area contributed by atoms with Gasteiger partial charge in [-0.2, -0.15) is 0 Å². The van der Waals surface area contributed by atoms with Crippen LogP contribution in [0.25, 0.3) is 75.2 Å². The number of aromatic nitrogens is 2. The predicted molar refractivity (Wildman–Crippen MR) is 366 cm³/mol. The lowest BCUT2D eigenvalue weighted by Gasteiger charge is -2.47. The highest BCUT2D eigenvalue weighted by atomic mass is 32.1. The summed E-state index contributed by atoms with van der Waals surface area (Å²) in [6, 6.07) is -35.9. The van der Waals surface area contributed by atoms with Gasteiger partial charge in [0, 0.05) is 75.8 Å². The highest BCUT2D eigenvalue weighted by Gasteiger charge is 2.47. The number of nitrogens with zero attached hydrogens (tertiary/aromatic N) is 5. The first-order valence-electron chi connectivity index (χ1n) is 45.6. The van der Waals surface area contributed by atoms with Gasteiger partial charge in [-0.1, -0.05) is 171 Å². The van der Waals surface area contributed by atoms with E-state index in [9.17, 15) is 46.6 Å². The average molecular weight is 1150 g/mol. The van der Waals surface area contributed by atoms with Crippen molar-refractivity contribution in [2.24, 2.45) is 0 Å². The van der Waals surface area contributed by atoms with Crippen molar-refractivity contribution >= 4 is 149 Å². The Balaban J connectivity index is 1.23. The minimum absolute atomic E-state index is 0.0736. The summed E-state index contributed by atoms with van der Waals surface area (Å²) in [5.41, 5.74) is -18.3. The van der Waals surface area contributed by atoms with Crippen LogP contribution in [0.1, 0.15) is 130 Å². The lowest BCUT2D eigenvalue weighted by Crippen LogP contribution is -2.61. The summed E-state index contributed by atoms with van der Waals surface area (Å²) in [7, 11) is 0. The molecule has 0 saturated carbocycles. The molecule has 0 unspecified atom stereocenters. The van der Waals surface area contributed by atoms with Crippen molar-refractivity contribution in [1.29, 1.82) is 0 Å². The van der Waals surface area contributed by atoms with Gasteiger partial charge in [-0.3, -0.25) is 0 Å². The van der Waals surface area contributed by atoms with Crippen molar-refractivity contribution in [2.75, 3.05) is 14.7 Å². The van der Waals surface area contributed by atoms with Crippen LogP contribution in [-0.4, -0.2) is 15.8 Å². The smallest absolute Gasteiger partial charge is 0.252 e. The number of para-hydroxylation sites is 4. The quantitative estimate of drug-likeness (QED) is 0.160. The van der Waals surface area contributed by atoms with Gasteiger partial charge in [0.1, 0.15) is 0 Å². The van der Waals surface area contributed by atoms with Gasteiger partial charge in [0.2, 0.25) is 0 Å². The second kappa shape index (κ2) is 17.6. The summed E-state index contributed by atoms with van der Waals surface area (Å²) in [6.07, 6.45) is 0. The lowest BCUT2D eigenvalue weighted by atomic mass is 9.33. The van der Waals surface area contributed by atoms with Gasteiger partial charge in [-0.25, -0.2) is 0 Å². The van der Waals surface area contributed by atoms with E-state index in [-0.39, 0.29) is 37.5 Å². The molecule has 0 saturated heterocycles. The standard InChI is InChI=1S/C78H64BN5S/c1-76(2,3)47-35-40-63-56(41-47)54-26-18-29-65-74(54)83(63)66-30-19-27-60-75(66)84(65)69-46-53(80(50-21-12-10-13-22-50)51-23-14-11-15-24-51)45-68-73(69)79(60)59-37-36-52(44-67(59)82(68)64-28-20-32-71-72(64)55-25-16-17-31-70(55)85-71)81-61-38-33-48(77(4,5)6)42-57(61)58-43-49(78(7,8)9)34-39-62(58)81/h10-46H,1-9H3/i10D,11D,12D,13D,14D,15D,16D,17D,18D,19D,20D,21D,22D,23D,24D,25D,26D,27D,28D,29D,30D,31D,32D,33D,34D,35D,36D,37D,38D,39D,40D,41D,42D,43D,44D,45D,46D. The first-order chi connectivity index (χ1) is 56.5. The molecular weight excluding hydrogens is 1050 g/mol. The number of hydrogen-bond acceptors (Lipinski definition) is 4. The van der Waals surface area contributed by atoms with Crippen LogP contribution in [0.15, 0.2) is 224 Å². The molecule has 0 radical (unpaired) electrons. The second-order valence-corrected chi connectivity index (χ2v) is 25.1. The summed E-state index contributed by atoms with van der Waals surface area (Å²) in [5.74, 6) is 0. The normalized spacial score (nSPS) is 19.7. The van der Waals surface area contributed by atoms with E-state index in [1.165, 1.54) is 0 Å². The van der Waals surface area contributed by atoms with Crippen molar-refractivity contribution in [3.8, 4) is 11.4 Å². The summed E-state index contributed by atoms with van der Waals surface area (Å²) in [6.45, 7) is 12.4. The third-order valence-electron chi connectivity index (χ3n) is 15.7. The molecule has 6 heterocycles. The minimum Gasteiger partial charge on any atom is -0.311 e. The van der Waals surface area contributed by atoms with E-state index in [4.69, 9.17) is 4.11 Å². The van der Waals surface area contributed by atoms with Gasteiger partial charge in [-0.05, 0) is 164 Å². The Hall–Kier alpha value is -9.30. The molecule has 0 fully saturated rings. The van der Waals surface area contributed by atoms with Crippen LogP contribution >= 0.6 is 11.3 Å². The topological polar surface area (TPSA) is 19.6 Å². The van der Waals surface area contributed by atoms with Crippen molar-refractivity contribution in [3.05, 3.63) is 240 Å². The number of thiophene rings is 1. The second-order valence-electron chi connectivity index (χ2n) is 24.1. The van der Waals surface area contributed by atoms with Crippen LogP contribution in [0.4, 0.5) is 51.2 Å². The highest BCUT2D eigenvalue weighted by molar-refractivity contribution is 7.26. The van der Waals surface area contributed by atoms with Crippen LogP contribution in [0.3, 0.4) is 0 Å². The molecule has 0 amide bonds. The molecule has 0 spiro atoms. The van der Waals surface area contributed by atoms with E-state index in [0.29, 0.717) is 16.2 Å². The molecule has 85 heavy (non-hydrogen) atoms. The maximum absolute atomic E-state index is 11.6. The summed E-state index contributed by atoms with van der Waals surface area (Å²) in [4.78, 5) is 2.10.